The van der Waals surface area contributed by atoms with Crippen molar-refractivity contribution in [3.05, 3.63) is 0 Å². The summed E-state index contributed by atoms with van der Waals surface area (Å²) in [6, 6.07) is 0. The summed E-state index contributed by atoms with van der Waals surface area (Å²) in [5.74, 6) is 0.555. The molecule has 0 aromatic heterocycles. The van der Waals surface area contributed by atoms with Gasteiger partial charge in [-0.2, -0.15) is 0 Å². The third-order valence-electron chi connectivity index (χ3n) is 2.52. The number of esters is 1. The molecule has 0 amide bonds. The first-order chi connectivity index (χ1) is 5.52. The Morgan fingerprint density at radius 2 is 2.33 bits per heavy atom. The van der Waals surface area contributed by atoms with E-state index in [4.69, 9.17) is 10.5 Å². The predicted octanol–water partition coefficient (Wildman–Crippen LogP) is 0.923. The number of rotatable bonds is 3. The molecule has 2 N–H and O–H groups in total. The molecular weight excluding hydrogens is 154 g/mol. The maximum absolute atomic E-state index is 11.3. The van der Waals surface area contributed by atoms with Crippen LogP contribution in [0.4, 0.5) is 0 Å². The van der Waals surface area contributed by atoms with Gasteiger partial charge in [-0.1, -0.05) is 13.8 Å². The van der Waals surface area contributed by atoms with Gasteiger partial charge in [-0.3, -0.25) is 4.79 Å². The second-order valence-corrected chi connectivity index (χ2v) is 3.82. The van der Waals surface area contributed by atoms with E-state index in [1.165, 1.54) is 0 Å². The minimum Gasteiger partial charge on any atom is -0.465 e. The Balaban J connectivity index is 2.49. The van der Waals surface area contributed by atoms with Crippen molar-refractivity contribution in [2.24, 2.45) is 17.6 Å². The van der Waals surface area contributed by atoms with Gasteiger partial charge in [0, 0.05) is 0 Å². The van der Waals surface area contributed by atoms with Crippen LogP contribution in [-0.2, 0) is 9.53 Å². The first-order valence-electron chi connectivity index (χ1n) is 4.48. The van der Waals surface area contributed by atoms with Gasteiger partial charge in [0.15, 0.2) is 0 Å². The quantitative estimate of drug-likeness (QED) is 0.642. The molecule has 0 bridgehead atoms. The SMILES string of the molecule is CCOC(=O)[C@@]1(N)C[C@H]1C(C)C. The lowest BCUT2D eigenvalue weighted by atomic mass is 10.0. The Kier molecular flexibility index (Phi) is 2.42. The standard InChI is InChI=1S/C9H17NO2/c1-4-12-8(11)9(10)5-7(9)6(2)3/h6-7H,4-5,10H2,1-3H3/t7-,9+/m0/s1. The third kappa shape index (κ3) is 1.46. The summed E-state index contributed by atoms with van der Waals surface area (Å²) in [5.41, 5.74) is 5.18. The van der Waals surface area contributed by atoms with E-state index in [2.05, 4.69) is 13.8 Å². The van der Waals surface area contributed by atoms with Crippen molar-refractivity contribution in [3.8, 4) is 0 Å². The van der Waals surface area contributed by atoms with Crippen molar-refractivity contribution < 1.29 is 9.53 Å². The van der Waals surface area contributed by atoms with E-state index >= 15 is 0 Å². The number of carbonyl (C=O) groups is 1. The van der Waals surface area contributed by atoms with E-state index in [1.54, 1.807) is 6.92 Å². The smallest absolute Gasteiger partial charge is 0.326 e. The summed E-state index contributed by atoms with van der Waals surface area (Å²) >= 11 is 0. The number of hydrogen-bond acceptors (Lipinski definition) is 3. The Hall–Kier alpha value is -0.570. The minimum atomic E-state index is -0.663. The van der Waals surface area contributed by atoms with Gasteiger partial charge >= 0.3 is 5.97 Å². The lowest BCUT2D eigenvalue weighted by Gasteiger charge is -2.11. The van der Waals surface area contributed by atoms with Crippen molar-refractivity contribution in [3.63, 3.8) is 0 Å². The van der Waals surface area contributed by atoms with Gasteiger partial charge in [-0.05, 0) is 25.2 Å². The van der Waals surface area contributed by atoms with Crippen LogP contribution in [0.2, 0.25) is 0 Å². The molecule has 70 valence electrons. The Morgan fingerprint density at radius 1 is 1.75 bits per heavy atom. The molecule has 3 heteroatoms. The summed E-state index contributed by atoms with van der Waals surface area (Å²) in [7, 11) is 0. The lowest BCUT2D eigenvalue weighted by Crippen LogP contribution is -2.38. The first kappa shape index (κ1) is 9.52. The van der Waals surface area contributed by atoms with Crippen molar-refractivity contribution in [2.45, 2.75) is 32.7 Å². The molecule has 1 fully saturated rings. The molecule has 0 radical (unpaired) electrons. The maximum Gasteiger partial charge on any atom is 0.326 e. The van der Waals surface area contributed by atoms with E-state index in [0.717, 1.165) is 6.42 Å². The highest BCUT2D eigenvalue weighted by Crippen LogP contribution is 2.46. The number of carbonyl (C=O) groups excluding carboxylic acids is 1. The average molecular weight is 171 g/mol. The predicted molar refractivity (Wildman–Crippen MR) is 46.5 cm³/mol. The second kappa shape index (κ2) is 3.05. The molecule has 3 nitrogen and oxygen atoms in total. The largest absolute Gasteiger partial charge is 0.465 e. The zero-order valence-corrected chi connectivity index (χ0v) is 7.96. The highest BCUT2D eigenvalue weighted by Gasteiger charge is 2.59. The van der Waals surface area contributed by atoms with Crippen LogP contribution in [0.5, 0.6) is 0 Å². The van der Waals surface area contributed by atoms with Gasteiger partial charge < -0.3 is 10.5 Å². The number of nitrogens with two attached hydrogens (primary N) is 1. The molecule has 1 saturated carbocycles. The Labute approximate surface area is 73.3 Å². The van der Waals surface area contributed by atoms with Crippen LogP contribution in [-0.4, -0.2) is 18.1 Å². The van der Waals surface area contributed by atoms with Gasteiger partial charge in [0.05, 0.1) is 6.61 Å². The fourth-order valence-corrected chi connectivity index (χ4v) is 1.64. The molecule has 1 rings (SSSR count). The highest BCUT2D eigenvalue weighted by atomic mass is 16.5. The molecule has 0 heterocycles. The van der Waals surface area contributed by atoms with Crippen LogP contribution in [0, 0.1) is 11.8 Å². The molecule has 2 atom stereocenters. The molecule has 0 aliphatic heterocycles. The minimum absolute atomic E-state index is 0.233. The van der Waals surface area contributed by atoms with Crippen LogP contribution in [0.15, 0.2) is 0 Å². The second-order valence-electron chi connectivity index (χ2n) is 3.82. The van der Waals surface area contributed by atoms with Gasteiger partial charge in [0.25, 0.3) is 0 Å². The average Bonchev–Trinajstić information content (AvgIpc) is 2.65. The van der Waals surface area contributed by atoms with Gasteiger partial charge in [-0.25, -0.2) is 0 Å². The van der Waals surface area contributed by atoms with Crippen LogP contribution in [0.1, 0.15) is 27.2 Å². The summed E-state index contributed by atoms with van der Waals surface area (Å²) in [6.45, 7) is 6.38. The van der Waals surface area contributed by atoms with Gasteiger partial charge in [0.1, 0.15) is 5.54 Å². The van der Waals surface area contributed by atoms with Crippen LogP contribution >= 0.6 is 0 Å². The topological polar surface area (TPSA) is 52.3 Å². The molecule has 0 aromatic carbocycles. The normalized spacial score (nSPS) is 33.6. The summed E-state index contributed by atoms with van der Waals surface area (Å²) < 4.78 is 4.89. The van der Waals surface area contributed by atoms with Crippen LogP contribution < -0.4 is 5.73 Å². The molecular formula is C9H17NO2. The molecule has 0 aromatic rings. The zero-order chi connectivity index (χ0) is 9.35. The lowest BCUT2D eigenvalue weighted by molar-refractivity contribution is -0.146. The molecule has 1 aliphatic rings. The summed E-state index contributed by atoms with van der Waals surface area (Å²) in [4.78, 5) is 11.3. The monoisotopic (exact) mass is 171 g/mol. The van der Waals surface area contributed by atoms with E-state index in [-0.39, 0.29) is 5.97 Å². The highest BCUT2D eigenvalue weighted by molar-refractivity contribution is 5.84. The maximum atomic E-state index is 11.3. The van der Waals surface area contributed by atoms with Crippen molar-refractivity contribution in [1.29, 1.82) is 0 Å². The van der Waals surface area contributed by atoms with Crippen LogP contribution in [0.25, 0.3) is 0 Å². The van der Waals surface area contributed by atoms with E-state index in [1.807, 2.05) is 0 Å². The molecule has 0 spiro atoms. The summed E-state index contributed by atoms with van der Waals surface area (Å²) in [6.07, 6.45) is 0.781. The summed E-state index contributed by atoms with van der Waals surface area (Å²) in [5, 5.41) is 0. The Bertz CT molecular complexity index is 191. The Morgan fingerprint density at radius 3 is 2.67 bits per heavy atom. The van der Waals surface area contributed by atoms with Crippen LogP contribution in [0.3, 0.4) is 0 Å². The van der Waals surface area contributed by atoms with E-state index < -0.39 is 5.54 Å². The molecule has 0 saturated heterocycles. The van der Waals surface area contributed by atoms with Gasteiger partial charge in [0.2, 0.25) is 0 Å². The molecule has 0 unspecified atom stereocenters. The van der Waals surface area contributed by atoms with Crippen molar-refractivity contribution >= 4 is 5.97 Å². The van der Waals surface area contributed by atoms with Gasteiger partial charge in [-0.15, -0.1) is 0 Å². The first-order valence-corrected chi connectivity index (χ1v) is 4.48. The number of hydrogen-bond donors (Lipinski definition) is 1. The third-order valence-corrected chi connectivity index (χ3v) is 2.52. The van der Waals surface area contributed by atoms with Crippen molar-refractivity contribution in [2.75, 3.05) is 6.61 Å². The molecule has 1 aliphatic carbocycles. The fourth-order valence-electron chi connectivity index (χ4n) is 1.64. The van der Waals surface area contributed by atoms with E-state index in [0.29, 0.717) is 18.4 Å². The van der Waals surface area contributed by atoms with Crippen molar-refractivity contribution in [1.82, 2.24) is 0 Å². The fraction of sp³-hybridized carbons (Fsp3) is 0.889. The molecule has 12 heavy (non-hydrogen) atoms. The zero-order valence-electron chi connectivity index (χ0n) is 7.96. The number of ether oxygens (including phenoxy) is 1. The van der Waals surface area contributed by atoms with E-state index in [9.17, 15) is 4.79 Å².